The van der Waals surface area contributed by atoms with Gasteiger partial charge >= 0.3 is 6.03 Å². The highest BCUT2D eigenvalue weighted by Gasteiger charge is 2.05. The maximum Gasteiger partial charge on any atom is 0.333 e. The number of urea groups is 1. The monoisotopic (exact) mass is 223 g/mol. The Morgan fingerprint density at radius 3 is 2.38 bits per heavy atom. The molecule has 86 valence electrons. The molecule has 6 nitrogen and oxygen atoms in total. The van der Waals surface area contributed by atoms with Crippen LogP contribution in [0.5, 0.6) is 5.75 Å². The molecule has 0 aromatic heterocycles. The number of amides is 3. The van der Waals surface area contributed by atoms with Crippen molar-refractivity contribution in [3.63, 3.8) is 0 Å². The van der Waals surface area contributed by atoms with Crippen LogP contribution in [-0.2, 0) is 0 Å². The third-order valence-corrected chi connectivity index (χ3v) is 1.76. The van der Waals surface area contributed by atoms with E-state index in [1.54, 1.807) is 6.92 Å². The van der Waals surface area contributed by atoms with Crippen molar-refractivity contribution in [3.05, 3.63) is 29.8 Å². The van der Waals surface area contributed by atoms with Crippen LogP contribution in [0.2, 0.25) is 0 Å². The topological polar surface area (TPSA) is 90.5 Å². The average molecular weight is 223 g/mol. The number of rotatable bonds is 2. The highest BCUT2D eigenvalue weighted by molar-refractivity contribution is 5.95. The van der Waals surface area contributed by atoms with Crippen LogP contribution in [0, 0.1) is 0 Å². The molecule has 0 saturated carbocycles. The van der Waals surface area contributed by atoms with Crippen LogP contribution >= 0.6 is 0 Å². The van der Waals surface area contributed by atoms with Gasteiger partial charge in [0.15, 0.2) is 0 Å². The van der Waals surface area contributed by atoms with E-state index in [0.29, 0.717) is 12.1 Å². The zero-order chi connectivity index (χ0) is 12.0. The van der Waals surface area contributed by atoms with Gasteiger partial charge in [-0.05, 0) is 31.2 Å². The van der Waals surface area contributed by atoms with Crippen LogP contribution in [0.1, 0.15) is 17.3 Å². The van der Waals surface area contributed by atoms with Crippen molar-refractivity contribution in [2.75, 3.05) is 6.54 Å². The lowest BCUT2D eigenvalue weighted by atomic mass is 10.2. The molecule has 0 unspecified atom stereocenters. The first-order chi connectivity index (χ1) is 7.63. The van der Waals surface area contributed by atoms with Crippen molar-refractivity contribution in [1.82, 2.24) is 16.2 Å². The first kappa shape index (κ1) is 11.8. The molecular formula is C10H13N3O3. The van der Waals surface area contributed by atoms with Gasteiger partial charge in [-0.3, -0.25) is 10.2 Å². The van der Waals surface area contributed by atoms with Crippen molar-refractivity contribution in [3.8, 4) is 5.75 Å². The molecule has 0 radical (unpaired) electrons. The summed E-state index contributed by atoms with van der Waals surface area (Å²) in [6.45, 7) is 2.24. The van der Waals surface area contributed by atoms with Crippen LogP contribution in [0.25, 0.3) is 0 Å². The molecule has 1 aromatic rings. The van der Waals surface area contributed by atoms with Crippen LogP contribution in [0.3, 0.4) is 0 Å². The second-order valence-corrected chi connectivity index (χ2v) is 2.99. The molecular weight excluding hydrogens is 210 g/mol. The van der Waals surface area contributed by atoms with E-state index in [1.807, 2.05) is 0 Å². The standard InChI is InChI=1S/C10H13N3O3/c1-2-11-10(16)13-12-9(15)7-3-5-8(14)6-4-7/h3-6,14H,2H2,1H3,(H,12,15)(H2,11,13,16). The Balaban J connectivity index is 2.47. The predicted molar refractivity (Wildman–Crippen MR) is 57.8 cm³/mol. The summed E-state index contributed by atoms with van der Waals surface area (Å²) in [6, 6.07) is 5.20. The molecule has 0 aliphatic carbocycles. The van der Waals surface area contributed by atoms with Crippen molar-refractivity contribution in [2.45, 2.75) is 6.92 Å². The van der Waals surface area contributed by atoms with Gasteiger partial charge in [0.25, 0.3) is 5.91 Å². The molecule has 4 N–H and O–H groups in total. The Morgan fingerprint density at radius 2 is 1.81 bits per heavy atom. The fourth-order valence-electron chi connectivity index (χ4n) is 1.00. The molecule has 16 heavy (non-hydrogen) atoms. The van der Waals surface area contributed by atoms with Crippen LogP contribution < -0.4 is 16.2 Å². The molecule has 0 atom stereocenters. The van der Waals surface area contributed by atoms with Gasteiger partial charge in [-0.2, -0.15) is 0 Å². The van der Waals surface area contributed by atoms with Crippen molar-refractivity contribution in [2.24, 2.45) is 0 Å². The minimum absolute atomic E-state index is 0.0771. The molecule has 0 aliphatic rings. The van der Waals surface area contributed by atoms with Gasteiger partial charge in [-0.15, -0.1) is 0 Å². The van der Waals surface area contributed by atoms with E-state index in [2.05, 4.69) is 16.2 Å². The maximum absolute atomic E-state index is 11.4. The van der Waals surface area contributed by atoms with Crippen LogP contribution in [-0.4, -0.2) is 23.6 Å². The van der Waals surface area contributed by atoms with Crippen molar-refractivity contribution in [1.29, 1.82) is 0 Å². The van der Waals surface area contributed by atoms with E-state index >= 15 is 0 Å². The smallest absolute Gasteiger partial charge is 0.333 e. The number of phenolic OH excluding ortho intramolecular Hbond substituents is 1. The van der Waals surface area contributed by atoms with E-state index in [0.717, 1.165) is 0 Å². The molecule has 6 heteroatoms. The third kappa shape index (κ3) is 3.49. The molecule has 3 amide bonds. The fourth-order valence-corrected chi connectivity index (χ4v) is 1.00. The van der Waals surface area contributed by atoms with Crippen LogP contribution in [0.15, 0.2) is 24.3 Å². The number of hydrazine groups is 1. The molecule has 0 bridgehead atoms. The minimum Gasteiger partial charge on any atom is -0.508 e. The summed E-state index contributed by atoms with van der Waals surface area (Å²) >= 11 is 0. The number of carbonyl (C=O) groups is 2. The largest absolute Gasteiger partial charge is 0.508 e. The van der Waals surface area contributed by atoms with Crippen molar-refractivity contribution < 1.29 is 14.7 Å². The number of aromatic hydroxyl groups is 1. The summed E-state index contributed by atoms with van der Waals surface area (Å²) in [6.07, 6.45) is 0. The van der Waals surface area contributed by atoms with E-state index in [4.69, 9.17) is 5.11 Å². The van der Waals surface area contributed by atoms with Gasteiger partial charge in [-0.25, -0.2) is 10.2 Å². The Morgan fingerprint density at radius 1 is 1.19 bits per heavy atom. The molecule has 0 heterocycles. The second kappa shape index (κ2) is 5.59. The van der Waals surface area contributed by atoms with Gasteiger partial charge < -0.3 is 10.4 Å². The Kier molecular flexibility index (Phi) is 4.14. The zero-order valence-corrected chi connectivity index (χ0v) is 8.78. The Labute approximate surface area is 92.6 Å². The van der Waals surface area contributed by atoms with Gasteiger partial charge in [0.2, 0.25) is 0 Å². The lowest BCUT2D eigenvalue weighted by molar-refractivity contribution is 0.0936. The van der Waals surface area contributed by atoms with Crippen LogP contribution in [0.4, 0.5) is 4.79 Å². The predicted octanol–water partition coefficient (Wildman–Crippen LogP) is 0.356. The second-order valence-electron chi connectivity index (χ2n) is 2.99. The molecule has 0 saturated heterocycles. The van der Waals surface area contributed by atoms with Gasteiger partial charge in [0.05, 0.1) is 0 Å². The third-order valence-electron chi connectivity index (χ3n) is 1.76. The van der Waals surface area contributed by atoms with Gasteiger partial charge in [-0.1, -0.05) is 0 Å². The number of carbonyl (C=O) groups excluding carboxylic acids is 2. The van der Waals surface area contributed by atoms with E-state index in [1.165, 1.54) is 24.3 Å². The number of benzene rings is 1. The van der Waals surface area contributed by atoms with Gasteiger partial charge in [0, 0.05) is 12.1 Å². The van der Waals surface area contributed by atoms with E-state index in [-0.39, 0.29) is 5.75 Å². The average Bonchev–Trinajstić information content (AvgIpc) is 2.27. The lowest BCUT2D eigenvalue weighted by Gasteiger charge is -2.07. The quantitative estimate of drug-likeness (QED) is 0.545. The molecule has 0 spiro atoms. The highest BCUT2D eigenvalue weighted by atomic mass is 16.3. The number of nitrogens with one attached hydrogen (secondary N) is 3. The van der Waals surface area contributed by atoms with E-state index < -0.39 is 11.9 Å². The molecule has 0 fully saturated rings. The Bertz CT molecular complexity index is 375. The molecule has 0 aliphatic heterocycles. The summed E-state index contributed by atoms with van der Waals surface area (Å²) < 4.78 is 0. The Hall–Kier alpha value is -2.24. The summed E-state index contributed by atoms with van der Waals surface area (Å²) in [5.41, 5.74) is 4.75. The fraction of sp³-hybridized carbons (Fsp3) is 0.200. The minimum atomic E-state index is -0.477. The normalized spacial score (nSPS) is 9.31. The SMILES string of the molecule is CCNC(=O)NNC(=O)c1ccc(O)cc1. The zero-order valence-electron chi connectivity index (χ0n) is 8.78. The van der Waals surface area contributed by atoms with Gasteiger partial charge in [0.1, 0.15) is 5.75 Å². The maximum atomic E-state index is 11.4. The van der Waals surface area contributed by atoms with E-state index in [9.17, 15) is 9.59 Å². The lowest BCUT2D eigenvalue weighted by Crippen LogP contribution is -2.46. The number of hydrogen-bond donors (Lipinski definition) is 4. The molecule has 1 rings (SSSR count). The summed E-state index contributed by atoms with van der Waals surface area (Å²) in [5.74, 6) is -0.375. The summed E-state index contributed by atoms with van der Waals surface area (Å²) in [7, 11) is 0. The first-order valence-corrected chi connectivity index (χ1v) is 4.76. The highest BCUT2D eigenvalue weighted by Crippen LogP contribution is 2.08. The molecule has 1 aromatic carbocycles. The first-order valence-electron chi connectivity index (χ1n) is 4.76. The summed E-state index contributed by atoms with van der Waals surface area (Å²) in [5, 5.41) is 11.5. The van der Waals surface area contributed by atoms with Crippen molar-refractivity contribution >= 4 is 11.9 Å². The number of phenols is 1. The number of hydrogen-bond acceptors (Lipinski definition) is 3. The summed E-state index contributed by atoms with van der Waals surface area (Å²) in [4.78, 5) is 22.4.